The molecule has 0 saturated carbocycles. The maximum absolute atomic E-state index is 13.0. The summed E-state index contributed by atoms with van der Waals surface area (Å²) in [5, 5.41) is 14.3. The second-order valence-electron chi connectivity index (χ2n) is 6.23. The summed E-state index contributed by atoms with van der Waals surface area (Å²) in [4.78, 5) is 37.2. The summed E-state index contributed by atoms with van der Waals surface area (Å²) < 4.78 is 5.27. The molecule has 0 aliphatic heterocycles. The van der Waals surface area contributed by atoms with Gasteiger partial charge in [-0.3, -0.25) is 19.7 Å². The summed E-state index contributed by atoms with van der Waals surface area (Å²) in [6, 6.07) is 13.2. The fraction of sp³-hybridized carbons (Fsp3) is 0.100. The molecule has 3 rings (SSSR count). The van der Waals surface area contributed by atoms with Crippen molar-refractivity contribution in [3.8, 4) is 0 Å². The number of carbonyl (C=O) groups is 2. The number of carbonyl (C=O) groups excluding carboxylic acids is 2. The van der Waals surface area contributed by atoms with Crippen LogP contribution in [0, 0.1) is 10.1 Å². The molecule has 0 aliphatic rings. The van der Waals surface area contributed by atoms with Gasteiger partial charge in [0.1, 0.15) is 12.3 Å². The molecular formula is C20H15Cl2N3O5. The fourth-order valence-corrected chi connectivity index (χ4v) is 2.97. The first-order chi connectivity index (χ1) is 14.3. The van der Waals surface area contributed by atoms with E-state index in [0.717, 1.165) is 6.07 Å². The fourth-order valence-electron chi connectivity index (χ4n) is 2.67. The number of furan rings is 1. The number of nitro groups is 1. The van der Waals surface area contributed by atoms with Crippen LogP contribution in [0.15, 0.2) is 65.3 Å². The van der Waals surface area contributed by atoms with Gasteiger partial charge in [-0.1, -0.05) is 29.3 Å². The minimum absolute atomic E-state index is 0.00329. The molecular weight excluding hydrogens is 433 g/mol. The van der Waals surface area contributed by atoms with E-state index in [1.807, 2.05) is 0 Å². The van der Waals surface area contributed by atoms with Crippen LogP contribution in [0.25, 0.3) is 0 Å². The number of halogens is 2. The van der Waals surface area contributed by atoms with Gasteiger partial charge in [-0.25, -0.2) is 0 Å². The van der Waals surface area contributed by atoms with Crippen LogP contribution in [0.2, 0.25) is 10.0 Å². The van der Waals surface area contributed by atoms with E-state index in [-0.39, 0.29) is 29.4 Å². The molecule has 30 heavy (non-hydrogen) atoms. The first kappa shape index (κ1) is 21.4. The Kier molecular flexibility index (Phi) is 6.71. The van der Waals surface area contributed by atoms with Gasteiger partial charge in [0.05, 0.1) is 27.8 Å². The zero-order chi connectivity index (χ0) is 21.7. The molecule has 0 atom stereocenters. The highest BCUT2D eigenvalue weighted by Crippen LogP contribution is 2.25. The van der Waals surface area contributed by atoms with Crippen molar-refractivity contribution in [2.24, 2.45) is 0 Å². The predicted octanol–water partition coefficient (Wildman–Crippen LogP) is 4.78. The maximum atomic E-state index is 13.0. The summed E-state index contributed by atoms with van der Waals surface area (Å²) >= 11 is 11.8. The third-order valence-electron chi connectivity index (χ3n) is 4.06. The normalized spacial score (nSPS) is 10.5. The molecule has 1 aromatic heterocycles. The molecule has 154 valence electrons. The number of hydrogen-bond donors (Lipinski definition) is 1. The lowest BCUT2D eigenvalue weighted by Gasteiger charge is -2.21. The molecule has 0 aliphatic carbocycles. The van der Waals surface area contributed by atoms with Crippen LogP contribution in [-0.4, -0.2) is 28.2 Å². The quantitative estimate of drug-likeness (QED) is 0.414. The second kappa shape index (κ2) is 9.43. The highest BCUT2D eigenvalue weighted by molar-refractivity contribution is 6.42. The van der Waals surface area contributed by atoms with Crippen molar-refractivity contribution in [3.05, 3.63) is 92.3 Å². The molecule has 8 nitrogen and oxygen atoms in total. The molecule has 0 unspecified atom stereocenters. The Labute approximate surface area is 181 Å². The zero-order valence-corrected chi connectivity index (χ0v) is 16.9. The molecule has 0 bridgehead atoms. The number of non-ortho nitro benzene ring substituents is 1. The molecule has 1 heterocycles. The van der Waals surface area contributed by atoms with Gasteiger partial charge >= 0.3 is 0 Å². The van der Waals surface area contributed by atoms with Gasteiger partial charge in [0, 0.05) is 23.4 Å². The van der Waals surface area contributed by atoms with Crippen molar-refractivity contribution in [3.63, 3.8) is 0 Å². The molecule has 0 radical (unpaired) electrons. The molecule has 0 spiro atoms. The van der Waals surface area contributed by atoms with E-state index in [1.165, 1.54) is 41.5 Å². The number of benzene rings is 2. The first-order valence-corrected chi connectivity index (χ1v) is 9.40. The summed E-state index contributed by atoms with van der Waals surface area (Å²) in [6.07, 6.45) is 1.45. The predicted molar refractivity (Wildman–Crippen MR) is 112 cm³/mol. The Hall–Kier alpha value is -3.36. The lowest BCUT2D eigenvalue weighted by Crippen LogP contribution is -2.37. The molecule has 10 heteroatoms. The Balaban J connectivity index is 1.80. The minimum atomic E-state index is -0.593. The van der Waals surface area contributed by atoms with E-state index in [2.05, 4.69) is 5.32 Å². The number of rotatable bonds is 7. The van der Waals surface area contributed by atoms with Crippen LogP contribution < -0.4 is 5.32 Å². The molecule has 2 aromatic carbocycles. The summed E-state index contributed by atoms with van der Waals surface area (Å²) in [5.74, 6) is -0.589. The smallest absolute Gasteiger partial charge is 0.270 e. The number of nitrogens with zero attached hydrogens (tertiary/aromatic N) is 2. The van der Waals surface area contributed by atoms with Crippen LogP contribution >= 0.6 is 23.2 Å². The van der Waals surface area contributed by atoms with Gasteiger partial charge in [-0.15, -0.1) is 0 Å². The number of anilines is 1. The Morgan fingerprint density at radius 3 is 2.53 bits per heavy atom. The molecule has 0 saturated heterocycles. The Morgan fingerprint density at radius 1 is 1.07 bits per heavy atom. The molecule has 1 N–H and O–H groups in total. The van der Waals surface area contributed by atoms with Crippen LogP contribution in [-0.2, 0) is 11.3 Å². The van der Waals surface area contributed by atoms with E-state index in [4.69, 9.17) is 27.6 Å². The second-order valence-corrected chi connectivity index (χ2v) is 7.04. The van der Waals surface area contributed by atoms with Crippen molar-refractivity contribution in [2.45, 2.75) is 6.54 Å². The monoisotopic (exact) mass is 447 g/mol. The highest BCUT2D eigenvalue weighted by atomic mass is 35.5. The first-order valence-electron chi connectivity index (χ1n) is 8.64. The van der Waals surface area contributed by atoms with Gasteiger partial charge < -0.3 is 14.6 Å². The van der Waals surface area contributed by atoms with E-state index in [0.29, 0.717) is 16.5 Å². The lowest BCUT2D eigenvalue weighted by atomic mass is 10.1. The number of amides is 2. The average molecular weight is 448 g/mol. The van der Waals surface area contributed by atoms with Gasteiger partial charge in [0.25, 0.3) is 11.6 Å². The van der Waals surface area contributed by atoms with Crippen LogP contribution in [0.4, 0.5) is 11.4 Å². The van der Waals surface area contributed by atoms with Gasteiger partial charge in [0.2, 0.25) is 5.91 Å². The van der Waals surface area contributed by atoms with Crippen molar-refractivity contribution in [1.82, 2.24) is 4.90 Å². The van der Waals surface area contributed by atoms with Crippen LogP contribution in [0.1, 0.15) is 16.1 Å². The van der Waals surface area contributed by atoms with Crippen molar-refractivity contribution >= 4 is 46.4 Å². The minimum Gasteiger partial charge on any atom is -0.467 e. The van der Waals surface area contributed by atoms with Crippen LogP contribution in [0.3, 0.4) is 0 Å². The van der Waals surface area contributed by atoms with E-state index < -0.39 is 16.7 Å². The summed E-state index contributed by atoms with van der Waals surface area (Å²) in [7, 11) is 0. The van der Waals surface area contributed by atoms with Crippen molar-refractivity contribution in [2.75, 3.05) is 11.9 Å². The molecule has 0 fully saturated rings. The topological polar surface area (TPSA) is 106 Å². The van der Waals surface area contributed by atoms with Gasteiger partial charge in [-0.2, -0.15) is 0 Å². The molecule has 3 aromatic rings. The number of nitro benzene ring substituents is 1. The zero-order valence-electron chi connectivity index (χ0n) is 15.4. The van der Waals surface area contributed by atoms with E-state index >= 15 is 0 Å². The lowest BCUT2D eigenvalue weighted by molar-refractivity contribution is -0.384. The van der Waals surface area contributed by atoms with E-state index in [1.54, 1.807) is 18.2 Å². The SMILES string of the molecule is O=C(CN(Cc1ccco1)C(=O)c1cccc([N+](=O)[O-])c1)Nc1ccc(Cl)c(Cl)c1. The summed E-state index contributed by atoms with van der Waals surface area (Å²) in [6.45, 7) is -0.314. The maximum Gasteiger partial charge on any atom is 0.270 e. The Morgan fingerprint density at radius 2 is 1.87 bits per heavy atom. The van der Waals surface area contributed by atoms with Crippen molar-refractivity contribution < 1.29 is 18.9 Å². The third kappa shape index (κ3) is 5.37. The van der Waals surface area contributed by atoms with E-state index in [9.17, 15) is 19.7 Å². The Bertz CT molecular complexity index is 1090. The van der Waals surface area contributed by atoms with Gasteiger partial charge in [0.15, 0.2) is 0 Å². The standard InChI is InChI=1S/C20H15Cl2N3O5/c21-17-7-6-14(10-18(17)22)23-19(26)12-24(11-16-5-2-8-30-16)20(27)13-3-1-4-15(9-13)25(28)29/h1-10H,11-12H2,(H,23,26). The van der Waals surface area contributed by atoms with Gasteiger partial charge in [-0.05, 0) is 36.4 Å². The van der Waals surface area contributed by atoms with Crippen molar-refractivity contribution in [1.29, 1.82) is 0 Å². The molecule has 2 amide bonds. The number of nitrogens with one attached hydrogen (secondary N) is 1. The van der Waals surface area contributed by atoms with Crippen LogP contribution in [0.5, 0.6) is 0 Å². The largest absolute Gasteiger partial charge is 0.467 e. The highest BCUT2D eigenvalue weighted by Gasteiger charge is 2.22. The number of hydrogen-bond acceptors (Lipinski definition) is 5. The third-order valence-corrected chi connectivity index (χ3v) is 4.79. The average Bonchev–Trinajstić information content (AvgIpc) is 3.23. The summed E-state index contributed by atoms with van der Waals surface area (Å²) in [5.41, 5.74) is 0.271.